The number of rotatable bonds is 2. The molecule has 2 fully saturated rings. The van der Waals surface area contributed by atoms with Crippen LogP contribution in [0.3, 0.4) is 0 Å². The highest BCUT2D eigenvalue weighted by Gasteiger charge is 2.38. The molecule has 1 saturated heterocycles. The number of aliphatic imine (C=N–C) groups is 1. The Morgan fingerprint density at radius 3 is 2.81 bits per heavy atom. The minimum atomic E-state index is -0.488. The second kappa shape index (κ2) is 8.05. The Balaban J connectivity index is 1.37. The number of nitrogens with one attached hydrogen (secondary N) is 1. The molecule has 8 heteroatoms. The summed E-state index contributed by atoms with van der Waals surface area (Å²) < 4.78 is 7.99. The molecule has 0 radical (unpaired) electrons. The summed E-state index contributed by atoms with van der Waals surface area (Å²) in [6.07, 6.45) is 11.6. The number of likely N-dealkylation sites (tertiary alicyclic amines) is 1. The van der Waals surface area contributed by atoms with E-state index in [1.54, 1.807) is 4.90 Å². The number of amides is 1. The standard InChI is InChI=1S/C24H34N6O2/c1-23(2,3)32-22(31)29-11-7-8-18(15-29)27-21-26-13-17-12-19-14-25-16-24(9-5-4-6-10-24)30(19)20(17)28-21/h12-14,18H,4-11,15-16H2,1-3H3,(H,26,27,28)/t18-/m1/s1. The van der Waals surface area contributed by atoms with Gasteiger partial charge in [0.05, 0.1) is 17.8 Å². The Labute approximate surface area is 189 Å². The van der Waals surface area contributed by atoms with E-state index < -0.39 is 5.60 Å². The van der Waals surface area contributed by atoms with Crippen molar-refractivity contribution in [2.45, 2.75) is 82.9 Å². The number of hydrogen-bond acceptors (Lipinski definition) is 6. The van der Waals surface area contributed by atoms with Crippen molar-refractivity contribution in [2.75, 3.05) is 25.0 Å². The van der Waals surface area contributed by atoms with Crippen LogP contribution in [0.15, 0.2) is 17.3 Å². The first-order chi connectivity index (χ1) is 15.3. The highest BCUT2D eigenvalue weighted by Crippen LogP contribution is 2.40. The zero-order chi connectivity index (χ0) is 22.3. The van der Waals surface area contributed by atoms with Crippen LogP contribution in [-0.4, -0.2) is 63.0 Å². The normalized spacial score (nSPS) is 22.7. The Bertz CT molecular complexity index is 1030. The fourth-order valence-corrected chi connectivity index (χ4v) is 5.41. The van der Waals surface area contributed by atoms with E-state index in [0.717, 1.165) is 55.5 Å². The predicted molar refractivity (Wildman–Crippen MR) is 125 cm³/mol. The Morgan fingerprint density at radius 1 is 1.22 bits per heavy atom. The summed E-state index contributed by atoms with van der Waals surface area (Å²) in [5, 5.41) is 4.55. The first-order valence-electron chi connectivity index (χ1n) is 12.0. The van der Waals surface area contributed by atoms with Crippen LogP contribution in [0.2, 0.25) is 0 Å². The van der Waals surface area contributed by atoms with E-state index in [0.29, 0.717) is 12.5 Å². The molecule has 2 aliphatic heterocycles. The van der Waals surface area contributed by atoms with Gasteiger partial charge in [0.25, 0.3) is 0 Å². The summed E-state index contributed by atoms with van der Waals surface area (Å²) in [4.78, 5) is 28.6. The molecule has 1 aliphatic carbocycles. The van der Waals surface area contributed by atoms with Gasteiger partial charge in [-0.05, 0) is 52.5 Å². The molecular weight excluding hydrogens is 404 g/mol. The fraction of sp³-hybridized carbons (Fsp3) is 0.667. The third kappa shape index (κ3) is 4.07. The van der Waals surface area contributed by atoms with Crippen molar-refractivity contribution in [3.63, 3.8) is 0 Å². The van der Waals surface area contributed by atoms with Crippen molar-refractivity contribution in [1.29, 1.82) is 0 Å². The van der Waals surface area contributed by atoms with Gasteiger partial charge in [-0.3, -0.25) is 4.99 Å². The van der Waals surface area contributed by atoms with E-state index in [1.807, 2.05) is 33.2 Å². The van der Waals surface area contributed by atoms with Gasteiger partial charge >= 0.3 is 6.09 Å². The molecule has 8 nitrogen and oxygen atoms in total. The SMILES string of the molecule is CC(C)(C)OC(=O)N1CCC[C@@H](Nc2ncc3cc4n(c3n2)C2(CCCCC2)CN=C4)C1. The van der Waals surface area contributed by atoms with Gasteiger partial charge in [0.15, 0.2) is 0 Å². The molecule has 1 N–H and O–H groups in total. The Morgan fingerprint density at radius 2 is 2.03 bits per heavy atom. The monoisotopic (exact) mass is 438 g/mol. The molecule has 2 aromatic heterocycles. The first kappa shape index (κ1) is 21.2. The number of aromatic nitrogens is 3. The summed E-state index contributed by atoms with van der Waals surface area (Å²) in [5.74, 6) is 0.628. The topological polar surface area (TPSA) is 84.6 Å². The lowest BCUT2D eigenvalue weighted by molar-refractivity contribution is 0.0206. The zero-order valence-corrected chi connectivity index (χ0v) is 19.4. The van der Waals surface area contributed by atoms with Crippen LogP contribution < -0.4 is 5.32 Å². The molecule has 1 saturated carbocycles. The number of carbonyl (C=O) groups excluding carboxylic acids is 1. The van der Waals surface area contributed by atoms with Gasteiger partial charge in [-0.2, -0.15) is 4.98 Å². The molecule has 1 amide bonds. The number of anilines is 1. The number of nitrogens with zero attached hydrogens (tertiary/aromatic N) is 5. The average molecular weight is 439 g/mol. The minimum absolute atomic E-state index is 0.0497. The molecule has 0 bridgehead atoms. The fourth-order valence-electron chi connectivity index (χ4n) is 5.41. The molecule has 172 valence electrons. The van der Waals surface area contributed by atoms with Crippen LogP contribution in [0, 0.1) is 0 Å². The largest absolute Gasteiger partial charge is 0.444 e. The maximum atomic E-state index is 12.5. The van der Waals surface area contributed by atoms with Crippen molar-refractivity contribution in [3.8, 4) is 0 Å². The van der Waals surface area contributed by atoms with Gasteiger partial charge < -0.3 is 19.5 Å². The lowest BCUT2D eigenvalue weighted by Gasteiger charge is -2.40. The second-order valence-electron chi connectivity index (χ2n) is 10.5. The number of hydrogen-bond donors (Lipinski definition) is 1. The Kier molecular flexibility index (Phi) is 5.34. The smallest absolute Gasteiger partial charge is 0.410 e. The Hall–Kier alpha value is -2.64. The van der Waals surface area contributed by atoms with E-state index in [2.05, 4.69) is 20.9 Å². The molecule has 1 atom stereocenters. The maximum absolute atomic E-state index is 12.5. The number of carbonyl (C=O) groups is 1. The zero-order valence-electron chi connectivity index (χ0n) is 19.4. The van der Waals surface area contributed by atoms with Crippen molar-refractivity contribution in [2.24, 2.45) is 4.99 Å². The van der Waals surface area contributed by atoms with Gasteiger partial charge in [0.2, 0.25) is 5.95 Å². The van der Waals surface area contributed by atoms with Gasteiger partial charge in [-0.25, -0.2) is 9.78 Å². The number of piperidine rings is 1. The molecule has 0 aromatic carbocycles. The van der Waals surface area contributed by atoms with Crippen molar-refractivity contribution in [1.82, 2.24) is 19.4 Å². The summed E-state index contributed by atoms with van der Waals surface area (Å²) in [6.45, 7) is 7.85. The van der Waals surface area contributed by atoms with Crippen LogP contribution >= 0.6 is 0 Å². The minimum Gasteiger partial charge on any atom is -0.444 e. The summed E-state index contributed by atoms with van der Waals surface area (Å²) in [7, 11) is 0. The molecule has 1 spiro atoms. The highest BCUT2D eigenvalue weighted by atomic mass is 16.6. The quantitative estimate of drug-likeness (QED) is 0.754. The molecule has 0 unspecified atom stereocenters. The van der Waals surface area contributed by atoms with E-state index in [4.69, 9.17) is 14.7 Å². The third-order valence-corrected chi connectivity index (χ3v) is 6.84. The lowest BCUT2D eigenvalue weighted by atomic mass is 9.80. The number of ether oxygens (including phenoxy) is 1. The first-order valence-corrected chi connectivity index (χ1v) is 12.0. The van der Waals surface area contributed by atoms with Gasteiger partial charge in [0, 0.05) is 36.9 Å². The van der Waals surface area contributed by atoms with E-state index >= 15 is 0 Å². The van der Waals surface area contributed by atoms with Crippen molar-refractivity contribution < 1.29 is 9.53 Å². The highest BCUT2D eigenvalue weighted by molar-refractivity contribution is 5.90. The van der Waals surface area contributed by atoms with Gasteiger partial charge in [-0.1, -0.05) is 19.3 Å². The van der Waals surface area contributed by atoms with Gasteiger partial charge in [-0.15, -0.1) is 0 Å². The molecule has 4 heterocycles. The molecule has 5 rings (SSSR count). The van der Waals surface area contributed by atoms with Crippen LogP contribution in [0.1, 0.15) is 71.4 Å². The lowest BCUT2D eigenvalue weighted by Crippen LogP contribution is -2.47. The van der Waals surface area contributed by atoms with Crippen molar-refractivity contribution >= 4 is 29.3 Å². The summed E-state index contributed by atoms with van der Waals surface area (Å²) in [5.41, 5.74) is 1.69. The summed E-state index contributed by atoms with van der Waals surface area (Å²) in [6, 6.07) is 2.26. The predicted octanol–water partition coefficient (Wildman–Crippen LogP) is 4.33. The van der Waals surface area contributed by atoms with Crippen LogP contribution in [0.4, 0.5) is 10.7 Å². The molecular formula is C24H34N6O2. The average Bonchev–Trinajstić information content (AvgIpc) is 3.13. The second-order valence-corrected chi connectivity index (χ2v) is 10.5. The van der Waals surface area contributed by atoms with E-state index in [1.165, 1.54) is 19.3 Å². The van der Waals surface area contributed by atoms with Crippen LogP contribution in [0.5, 0.6) is 0 Å². The third-order valence-electron chi connectivity index (χ3n) is 6.84. The van der Waals surface area contributed by atoms with Crippen LogP contribution in [0.25, 0.3) is 11.0 Å². The molecule has 2 aromatic rings. The van der Waals surface area contributed by atoms with E-state index in [-0.39, 0.29) is 17.7 Å². The molecule has 32 heavy (non-hydrogen) atoms. The molecule has 3 aliphatic rings. The van der Waals surface area contributed by atoms with Crippen molar-refractivity contribution in [3.05, 3.63) is 18.0 Å². The number of fused-ring (bicyclic) bond motifs is 4. The summed E-state index contributed by atoms with van der Waals surface area (Å²) >= 11 is 0. The van der Waals surface area contributed by atoms with Gasteiger partial charge in [0.1, 0.15) is 11.2 Å². The van der Waals surface area contributed by atoms with Crippen LogP contribution in [-0.2, 0) is 10.3 Å². The van der Waals surface area contributed by atoms with E-state index in [9.17, 15) is 4.79 Å². The maximum Gasteiger partial charge on any atom is 0.410 e.